The van der Waals surface area contributed by atoms with Gasteiger partial charge in [-0.3, -0.25) is 0 Å². The maximum absolute atomic E-state index is 15.1. The van der Waals surface area contributed by atoms with E-state index in [2.05, 4.69) is 0 Å². The molecule has 180 valence electrons. The highest BCUT2D eigenvalue weighted by Gasteiger charge is 2.41. The molecule has 0 fully saturated rings. The van der Waals surface area contributed by atoms with Gasteiger partial charge in [0.2, 0.25) is 0 Å². The molecular formula is C30H31O4P. The molecule has 0 saturated carbocycles. The third-order valence-corrected chi connectivity index (χ3v) is 9.84. The predicted octanol–water partition coefficient (Wildman–Crippen LogP) is 5.72. The standard InChI is InChI=1S/C30H31O4P/c1-33-26-19-17-25(18-20-26)30(31)29(21-22-34-23-24-11-5-2-6-12-24)35(32,27-13-7-3-8-14-27)28-15-9-4-10-16-28/h2-20,29-31H,21-23H2,1H3/t29-,30+/m0/s1. The van der Waals surface area contributed by atoms with Crippen LogP contribution in [0.5, 0.6) is 5.75 Å². The average molecular weight is 487 g/mol. The van der Waals surface area contributed by atoms with E-state index in [1.54, 1.807) is 7.11 Å². The molecule has 0 aromatic heterocycles. The fourth-order valence-electron chi connectivity index (χ4n) is 4.36. The minimum Gasteiger partial charge on any atom is -0.497 e. The van der Waals surface area contributed by atoms with Crippen LogP contribution in [0.25, 0.3) is 0 Å². The maximum Gasteiger partial charge on any atom is 0.149 e. The predicted molar refractivity (Wildman–Crippen MR) is 142 cm³/mol. The number of hydrogen-bond acceptors (Lipinski definition) is 4. The van der Waals surface area contributed by atoms with Gasteiger partial charge in [-0.05, 0) is 29.7 Å². The van der Waals surface area contributed by atoms with Gasteiger partial charge in [0.25, 0.3) is 0 Å². The summed E-state index contributed by atoms with van der Waals surface area (Å²) in [6, 6.07) is 36.3. The molecule has 0 bridgehead atoms. The van der Waals surface area contributed by atoms with Crippen molar-refractivity contribution in [2.45, 2.75) is 24.8 Å². The Bertz CT molecular complexity index is 1170. The first-order valence-corrected chi connectivity index (χ1v) is 13.5. The van der Waals surface area contributed by atoms with Crippen molar-refractivity contribution in [3.05, 3.63) is 126 Å². The van der Waals surface area contributed by atoms with Gasteiger partial charge in [-0.2, -0.15) is 0 Å². The third kappa shape index (κ3) is 5.91. The van der Waals surface area contributed by atoms with Crippen LogP contribution in [0, 0.1) is 0 Å². The number of aliphatic hydroxyl groups is 1. The van der Waals surface area contributed by atoms with Crippen molar-refractivity contribution in [2.75, 3.05) is 13.7 Å². The molecule has 35 heavy (non-hydrogen) atoms. The molecule has 0 aliphatic heterocycles. The zero-order valence-electron chi connectivity index (χ0n) is 19.9. The molecule has 0 radical (unpaired) electrons. The van der Waals surface area contributed by atoms with E-state index in [-0.39, 0.29) is 0 Å². The topological polar surface area (TPSA) is 55.8 Å². The van der Waals surface area contributed by atoms with Crippen molar-refractivity contribution in [3.63, 3.8) is 0 Å². The van der Waals surface area contributed by atoms with Gasteiger partial charge < -0.3 is 19.1 Å². The Morgan fingerprint density at radius 3 is 1.77 bits per heavy atom. The van der Waals surface area contributed by atoms with E-state index in [1.807, 2.05) is 115 Å². The van der Waals surface area contributed by atoms with Crippen molar-refractivity contribution in [1.82, 2.24) is 0 Å². The van der Waals surface area contributed by atoms with Crippen LogP contribution in [0.3, 0.4) is 0 Å². The summed E-state index contributed by atoms with van der Waals surface area (Å²) in [6.45, 7) is 0.837. The Hall–Kier alpha value is -3.17. The van der Waals surface area contributed by atoms with Crippen LogP contribution in [0.15, 0.2) is 115 Å². The van der Waals surface area contributed by atoms with Gasteiger partial charge in [-0.15, -0.1) is 0 Å². The number of ether oxygens (including phenoxy) is 2. The van der Waals surface area contributed by atoms with Gasteiger partial charge in [-0.25, -0.2) is 0 Å². The molecule has 0 amide bonds. The molecule has 0 aliphatic carbocycles. The van der Waals surface area contributed by atoms with Crippen LogP contribution in [0.2, 0.25) is 0 Å². The fourth-order valence-corrected chi connectivity index (χ4v) is 7.69. The van der Waals surface area contributed by atoms with E-state index in [4.69, 9.17) is 9.47 Å². The molecule has 5 heteroatoms. The molecular weight excluding hydrogens is 455 g/mol. The Balaban J connectivity index is 1.69. The van der Waals surface area contributed by atoms with Gasteiger partial charge in [0, 0.05) is 17.2 Å². The average Bonchev–Trinajstić information content (AvgIpc) is 2.94. The van der Waals surface area contributed by atoms with Gasteiger partial charge >= 0.3 is 0 Å². The molecule has 2 atom stereocenters. The highest BCUT2D eigenvalue weighted by Crippen LogP contribution is 2.54. The van der Waals surface area contributed by atoms with Crippen LogP contribution in [-0.2, 0) is 15.9 Å². The second-order valence-corrected chi connectivity index (χ2v) is 11.5. The monoisotopic (exact) mass is 486 g/mol. The number of aliphatic hydroxyl groups excluding tert-OH is 1. The largest absolute Gasteiger partial charge is 0.497 e. The fraction of sp³-hybridized carbons (Fsp3) is 0.200. The minimum atomic E-state index is -3.25. The molecule has 0 unspecified atom stereocenters. The van der Waals surface area contributed by atoms with Crippen molar-refractivity contribution in [2.24, 2.45) is 0 Å². The molecule has 4 rings (SSSR count). The summed E-state index contributed by atoms with van der Waals surface area (Å²) in [4.78, 5) is 0. The van der Waals surface area contributed by atoms with Crippen LogP contribution in [0.4, 0.5) is 0 Å². The number of rotatable bonds is 11. The zero-order valence-corrected chi connectivity index (χ0v) is 20.8. The lowest BCUT2D eigenvalue weighted by molar-refractivity contribution is 0.0989. The SMILES string of the molecule is COc1ccc([C@@H](O)[C@H](CCOCc2ccccc2)P(=O)(c2ccccc2)c2ccccc2)cc1. The van der Waals surface area contributed by atoms with Gasteiger partial charge in [0.1, 0.15) is 12.9 Å². The first-order valence-electron chi connectivity index (χ1n) is 11.8. The summed E-state index contributed by atoms with van der Waals surface area (Å²) >= 11 is 0. The Morgan fingerprint density at radius 2 is 1.26 bits per heavy atom. The molecule has 0 spiro atoms. The van der Waals surface area contributed by atoms with Gasteiger partial charge in [0.05, 0.1) is 25.5 Å². The maximum atomic E-state index is 15.1. The Morgan fingerprint density at radius 1 is 0.743 bits per heavy atom. The van der Waals surface area contributed by atoms with E-state index in [9.17, 15) is 5.11 Å². The van der Waals surface area contributed by atoms with Gasteiger partial charge in [0.15, 0.2) is 0 Å². The summed E-state index contributed by atoms with van der Waals surface area (Å²) in [5, 5.41) is 13.1. The molecule has 0 aliphatic rings. The second kappa shape index (κ2) is 12.0. The molecule has 0 saturated heterocycles. The van der Waals surface area contributed by atoms with Crippen LogP contribution < -0.4 is 15.3 Å². The molecule has 0 heterocycles. The summed E-state index contributed by atoms with van der Waals surface area (Å²) in [7, 11) is -1.64. The Kier molecular flexibility index (Phi) is 8.54. The summed E-state index contributed by atoms with van der Waals surface area (Å²) in [6.07, 6.45) is -0.520. The first kappa shape index (κ1) is 24.9. The lowest BCUT2D eigenvalue weighted by atomic mass is 10.0. The van der Waals surface area contributed by atoms with Crippen LogP contribution in [0.1, 0.15) is 23.7 Å². The van der Waals surface area contributed by atoms with E-state index in [0.717, 1.165) is 16.2 Å². The van der Waals surface area contributed by atoms with Crippen molar-refractivity contribution < 1.29 is 19.1 Å². The van der Waals surface area contributed by atoms with E-state index in [0.29, 0.717) is 30.9 Å². The minimum absolute atomic E-state index is 0.371. The molecule has 4 aromatic carbocycles. The third-order valence-electron chi connectivity index (χ3n) is 6.24. The van der Waals surface area contributed by atoms with Crippen molar-refractivity contribution >= 4 is 17.8 Å². The van der Waals surface area contributed by atoms with Crippen LogP contribution in [-0.4, -0.2) is 24.5 Å². The molecule has 4 nitrogen and oxygen atoms in total. The summed E-state index contributed by atoms with van der Waals surface area (Å²) in [5.74, 6) is 0.706. The lowest BCUT2D eigenvalue weighted by Crippen LogP contribution is -2.31. The molecule has 1 N–H and O–H groups in total. The highest BCUT2D eigenvalue weighted by molar-refractivity contribution is 7.79. The lowest BCUT2D eigenvalue weighted by Gasteiger charge is -2.32. The quantitative estimate of drug-likeness (QED) is 0.218. The normalized spacial score (nSPS) is 13.2. The summed E-state index contributed by atoms with van der Waals surface area (Å²) < 4.78 is 26.3. The Labute approximate surface area is 207 Å². The van der Waals surface area contributed by atoms with E-state index in [1.165, 1.54) is 0 Å². The molecule has 4 aromatic rings. The number of methoxy groups -OCH3 is 1. The first-order chi connectivity index (χ1) is 17.1. The van der Waals surface area contributed by atoms with E-state index >= 15 is 4.57 Å². The summed E-state index contributed by atoms with van der Waals surface area (Å²) in [5.41, 5.74) is 1.21. The van der Waals surface area contributed by atoms with Gasteiger partial charge in [-0.1, -0.05) is 103 Å². The highest BCUT2D eigenvalue weighted by atomic mass is 31.2. The second-order valence-electron chi connectivity index (χ2n) is 8.44. The number of hydrogen-bond donors (Lipinski definition) is 1. The smallest absolute Gasteiger partial charge is 0.149 e. The zero-order chi connectivity index (χ0) is 24.5. The van der Waals surface area contributed by atoms with E-state index < -0.39 is 18.9 Å². The number of benzene rings is 4. The van der Waals surface area contributed by atoms with Crippen molar-refractivity contribution in [1.29, 1.82) is 0 Å². The van der Waals surface area contributed by atoms with Crippen LogP contribution >= 0.6 is 7.14 Å². The van der Waals surface area contributed by atoms with Crippen molar-refractivity contribution in [3.8, 4) is 5.75 Å².